The highest BCUT2D eigenvalue weighted by atomic mass is 16.4. The van der Waals surface area contributed by atoms with Gasteiger partial charge in [0.15, 0.2) is 5.69 Å². The number of nitrogens with zero attached hydrogens (tertiary/aromatic N) is 2. The SMILES string of the molecule is O=C(O)c1cn2c(n1)CCC2. The van der Waals surface area contributed by atoms with Crippen LogP contribution in [-0.4, -0.2) is 20.6 Å². The van der Waals surface area contributed by atoms with Crippen molar-refractivity contribution < 1.29 is 9.90 Å². The van der Waals surface area contributed by atoms with E-state index in [9.17, 15) is 4.79 Å². The molecule has 0 fully saturated rings. The third-order valence-corrected chi connectivity index (χ3v) is 1.88. The molecule has 0 radical (unpaired) electrons. The van der Waals surface area contributed by atoms with Gasteiger partial charge < -0.3 is 9.67 Å². The number of rotatable bonds is 1. The van der Waals surface area contributed by atoms with Gasteiger partial charge in [-0.15, -0.1) is 0 Å². The minimum atomic E-state index is -0.938. The summed E-state index contributed by atoms with van der Waals surface area (Å²) < 4.78 is 1.91. The molecule has 0 spiro atoms. The van der Waals surface area contributed by atoms with Gasteiger partial charge >= 0.3 is 5.97 Å². The van der Waals surface area contributed by atoms with Gasteiger partial charge in [0.2, 0.25) is 0 Å². The van der Waals surface area contributed by atoms with Gasteiger partial charge in [0.1, 0.15) is 5.82 Å². The summed E-state index contributed by atoms with van der Waals surface area (Å²) in [5, 5.41) is 8.57. The lowest BCUT2D eigenvalue weighted by atomic mass is 10.3. The van der Waals surface area contributed by atoms with E-state index in [1.807, 2.05) is 4.57 Å². The van der Waals surface area contributed by atoms with E-state index in [0.717, 1.165) is 25.2 Å². The summed E-state index contributed by atoms with van der Waals surface area (Å²) in [4.78, 5) is 14.4. The molecule has 0 unspecified atom stereocenters. The lowest BCUT2D eigenvalue weighted by Gasteiger charge is -1.88. The normalized spacial score (nSPS) is 14.9. The third kappa shape index (κ3) is 0.906. The Morgan fingerprint density at radius 3 is 3.18 bits per heavy atom. The largest absolute Gasteiger partial charge is 0.476 e. The van der Waals surface area contributed by atoms with Gasteiger partial charge in [-0.3, -0.25) is 0 Å². The molecule has 0 saturated heterocycles. The average Bonchev–Trinajstić information content (AvgIpc) is 2.40. The first-order valence-corrected chi connectivity index (χ1v) is 3.57. The van der Waals surface area contributed by atoms with E-state index < -0.39 is 5.97 Å². The number of fused-ring (bicyclic) bond motifs is 1. The molecular formula is C7H8N2O2. The number of hydrogen-bond donors (Lipinski definition) is 1. The molecule has 1 N–H and O–H groups in total. The summed E-state index contributed by atoms with van der Waals surface area (Å²) in [6.07, 6.45) is 3.60. The van der Waals surface area contributed by atoms with Crippen LogP contribution in [0.2, 0.25) is 0 Å². The molecule has 1 aromatic heterocycles. The van der Waals surface area contributed by atoms with Gasteiger partial charge in [-0.1, -0.05) is 0 Å². The van der Waals surface area contributed by atoms with Crippen LogP contribution in [-0.2, 0) is 13.0 Å². The Bertz CT molecular complexity index is 282. The maximum Gasteiger partial charge on any atom is 0.356 e. The summed E-state index contributed by atoms with van der Waals surface area (Å²) in [6, 6.07) is 0. The molecule has 2 heterocycles. The maximum atomic E-state index is 10.4. The van der Waals surface area contributed by atoms with Crippen molar-refractivity contribution in [1.82, 2.24) is 9.55 Å². The van der Waals surface area contributed by atoms with Crippen molar-refractivity contribution >= 4 is 5.97 Å². The van der Waals surface area contributed by atoms with E-state index in [1.165, 1.54) is 0 Å². The van der Waals surface area contributed by atoms with Crippen molar-refractivity contribution in [1.29, 1.82) is 0 Å². The maximum absolute atomic E-state index is 10.4. The van der Waals surface area contributed by atoms with E-state index in [2.05, 4.69) is 4.98 Å². The molecule has 0 bridgehead atoms. The van der Waals surface area contributed by atoms with Gasteiger partial charge in [-0.05, 0) is 6.42 Å². The molecule has 0 aliphatic carbocycles. The Kier molecular flexibility index (Phi) is 1.21. The second-order valence-corrected chi connectivity index (χ2v) is 2.64. The van der Waals surface area contributed by atoms with Crippen molar-refractivity contribution in [3.8, 4) is 0 Å². The quantitative estimate of drug-likeness (QED) is 0.638. The first-order valence-electron chi connectivity index (χ1n) is 3.57. The summed E-state index contributed by atoms with van der Waals surface area (Å²) in [7, 11) is 0. The molecule has 4 heteroatoms. The van der Waals surface area contributed by atoms with E-state index >= 15 is 0 Å². The summed E-state index contributed by atoms with van der Waals surface area (Å²) in [5.41, 5.74) is 0.166. The molecule has 0 saturated carbocycles. The van der Waals surface area contributed by atoms with Crippen LogP contribution in [0.25, 0.3) is 0 Å². The summed E-state index contributed by atoms with van der Waals surface area (Å²) >= 11 is 0. The van der Waals surface area contributed by atoms with Gasteiger partial charge in [0, 0.05) is 19.2 Å². The standard InChI is InChI=1S/C7H8N2O2/c10-7(11)5-4-9-3-1-2-6(9)8-5/h4H,1-3H2,(H,10,11). The summed E-state index contributed by atoms with van der Waals surface area (Å²) in [5.74, 6) is -0.0331. The van der Waals surface area contributed by atoms with Gasteiger partial charge in [0.05, 0.1) is 0 Å². The van der Waals surface area contributed by atoms with Gasteiger partial charge in [-0.25, -0.2) is 9.78 Å². The van der Waals surface area contributed by atoms with E-state index in [4.69, 9.17) is 5.11 Å². The zero-order chi connectivity index (χ0) is 7.84. The number of carboxylic acids is 1. The van der Waals surface area contributed by atoms with Crippen LogP contribution < -0.4 is 0 Å². The lowest BCUT2D eigenvalue weighted by molar-refractivity contribution is 0.0690. The van der Waals surface area contributed by atoms with E-state index in [0.29, 0.717) is 0 Å². The Hall–Kier alpha value is -1.32. The number of aromatic nitrogens is 2. The highest BCUT2D eigenvalue weighted by molar-refractivity contribution is 5.85. The fourth-order valence-corrected chi connectivity index (χ4v) is 1.36. The minimum Gasteiger partial charge on any atom is -0.476 e. The number of imidazole rings is 1. The molecule has 58 valence electrons. The number of carboxylic acid groups (broad SMARTS) is 1. The molecule has 1 aliphatic heterocycles. The fraction of sp³-hybridized carbons (Fsp3) is 0.429. The highest BCUT2D eigenvalue weighted by Crippen LogP contribution is 2.13. The zero-order valence-electron chi connectivity index (χ0n) is 5.95. The van der Waals surface area contributed by atoms with E-state index in [1.54, 1.807) is 6.20 Å². The van der Waals surface area contributed by atoms with Crippen molar-refractivity contribution in [2.75, 3.05) is 0 Å². The van der Waals surface area contributed by atoms with Crippen LogP contribution in [0.1, 0.15) is 22.7 Å². The van der Waals surface area contributed by atoms with E-state index in [-0.39, 0.29) is 5.69 Å². The van der Waals surface area contributed by atoms with Crippen molar-refractivity contribution in [2.24, 2.45) is 0 Å². The molecular weight excluding hydrogens is 144 g/mol. The molecule has 1 aliphatic rings. The van der Waals surface area contributed by atoms with Crippen LogP contribution in [0.15, 0.2) is 6.20 Å². The predicted molar refractivity (Wildman–Crippen MR) is 37.5 cm³/mol. The second-order valence-electron chi connectivity index (χ2n) is 2.64. The van der Waals surface area contributed by atoms with Crippen LogP contribution >= 0.6 is 0 Å². The Morgan fingerprint density at radius 2 is 2.55 bits per heavy atom. The Morgan fingerprint density at radius 1 is 1.73 bits per heavy atom. The molecule has 0 atom stereocenters. The molecule has 4 nitrogen and oxygen atoms in total. The van der Waals surface area contributed by atoms with Crippen LogP contribution in [0.3, 0.4) is 0 Å². The molecule has 2 rings (SSSR count). The average molecular weight is 152 g/mol. The molecule has 0 aromatic carbocycles. The molecule has 11 heavy (non-hydrogen) atoms. The second kappa shape index (κ2) is 2.08. The number of hydrogen-bond acceptors (Lipinski definition) is 2. The molecule has 1 aromatic rings. The van der Waals surface area contributed by atoms with Crippen molar-refractivity contribution in [3.05, 3.63) is 17.7 Å². The predicted octanol–water partition coefficient (Wildman–Crippen LogP) is 0.527. The first-order chi connectivity index (χ1) is 5.27. The topological polar surface area (TPSA) is 55.1 Å². The zero-order valence-corrected chi connectivity index (χ0v) is 5.95. The monoisotopic (exact) mass is 152 g/mol. The van der Waals surface area contributed by atoms with Gasteiger partial charge in [0.25, 0.3) is 0 Å². The van der Waals surface area contributed by atoms with Crippen LogP contribution in [0.5, 0.6) is 0 Å². The van der Waals surface area contributed by atoms with Crippen molar-refractivity contribution in [3.63, 3.8) is 0 Å². The minimum absolute atomic E-state index is 0.166. The number of carbonyl (C=O) groups is 1. The van der Waals surface area contributed by atoms with Crippen LogP contribution in [0.4, 0.5) is 0 Å². The summed E-state index contributed by atoms with van der Waals surface area (Å²) in [6.45, 7) is 0.912. The third-order valence-electron chi connectivity index (χ3n) is 1.88. The van der Waals surface area contributed by atoms with Crippen molar-refractivity contribution in [2.45, 2.75) is 19.4 Å². The molecule has 0 amide bonds. The van der Waals surface area contributed by atoms with Crippen LogP contribution in [0, 0.1) is 0 Å². The number of aromatic carboxylic acids is 1. The fourth-order valence-electron chi connectivity index (χ4n) is 1.36. The highest BCUT2D eigenvalue weighted by Gasteiger charge is 2.16. The smallest absolute Gasteiger partial charge is 0.356 e. The Balaban J connectivity index is 2.42. The lowest BCUT2D eigenvalue weighted by Crippen LogP contribution is -1.96. The first kappa shape index (κ1) is 6.39. The Labute approximate surface area is 63.5 Å². The number of aryl methyl sites for hydroxylation is 2. The van der Waals surface area contributed by atoms with Gasteiger partial charge in [-0.2, -0.15) is 0 Å².